The lowest BCUT2D eigenvalue weighted by Gasteiger charge is -2.32. The maximum absolute atomic E-state index is 12.7. The zero-order valence-electron chi connectivity index (χ0n) is 10.3. The van der Waals surface area contributed by atoms with Crippen LogP contribution < -0.4 is 5.73 Å². The van der Waals surface area contributed by atoms with E-state index in [0.29, 0.717) is 24.2 Å². The molecule has 1 aromatic rings. The summed E-state index contributed by atoms with van der Waals surface area (Å²) in [5.74, 6) is 0. The first-order valence-electron chi connectivity index (χ1n) is 5.68. The van der Waals surface area contributed by atoms with E-state index in [1.54, 1.807) is 12.1 Å². The lowest BCUT2D eigenvalue weighted by molar-refractivity contribution is 0.0393. The van der Waals surface area contributed by atoms with Gasteiger partial charge >= 0.3 is 0 Å². The van der Waals surface area contributed by atoms with E-state index in [4.69, 9.17) is 10.5 Å². The second-order valence-electron chi connectivity index (χ2n) is 4.35. The lowest BCUT2D eigenvalue weighted by Crippen LogP contribution is -2.47. The SMILES string of the molecule is C[C@@H]1COCCN1S(=O)(=O)c1c(N)cc(Br)cc1Br. The molecule has 1 atom stereocenters. The number of rotatable bonds is 2. The number of hydrogen-bond acceptors (Lipinski definition) is 4. The number of nitrogens with zero attached hydrogens (tertiary/aromatic N) is 1. The molecule has 1 fully saturated rings. The fourth-order valence-electron chi connectivity index (χ4n) is 2.04. The normalized spacial score (nSPS) is 21.5. The van der Waals surface area contributed by atoms with Crippen molar-refractivity contribution in [3.8, 4) is 0 Å². The molecule has 106 valence electrons. The predicted octanol–water partition coefficient (Wildman–Crippen LogP) is 2.20. The van der Waals surface area contributed by atoms with Crippen LogP contribution in [-0.4, -0.2) is 38.5 Å². The molecule has 2 rings (SSSR count). The number of halogens is 2. The molecule has 0 unspecified atom stereocenters. The molecule has 8 heteroatoms. The van der Waals surface area contributed by atoms with Crippen LogP contribution in [0.1, 0.15) is 6.92 Å². The monoisotopic (exact) mass is 412 g/mol. The van der Waals surface area contributed by atoms with Gasteiger partial charge in [0.25, 0.3) is 0 Å². The van der Waals surface area contributed by atoms with Crippen molar-refractivity contribution in [3.05, 3.63) is 21.1 Å². The van der Waals surface area contributed by atoms with Crippen LogP contribution in [0.3, 0.4) is 0 Å². The molecule has 0 aliphatic carbocycles. The van der Waals surface area contributed by atoms with Gasteiger partial charge in [-0.05, 0) is 35.0 Å². The Morgan fingerprint density at radius 2 is 2.11 bits per heavy atom. The summed E-state index contributed by atoms with van der Waals surface area (Å²) in [6, 6.07) is 3.06. The Morgan fingerprint density at radius 1 is 1.42 bits per heavy atom. The van der Waals surface area contributed by atoms with Gasteiger partial charge in [-0.1, -0.05) is 15.9 Å². The first kappa shape index (κ1) is 15.2. The Hall–Kier alpha value is -0.150. The van der Waals surface area contributed by atoms with E-state index in [2.05, 4.69) is 31.9 Å². The molecular formula is C11H14Br2N2O3S. The number of morpholine rings is 1. The largest absolute Gasteiger partial charge is 0.398 e. The fourth-order valence-corrected chi connectivity index (χ4v) is 5.66. The van der Waals surface area contributed by atoms with Crippen LogP contribution >= 0.6 is 31.9 Å². The molecule has 0 spiro atoms. The van der Waals surface area contributed by atoms with Gasteiger partial charge in [0.15, 0.2) is 0 Å². The van der Waals surface area contributed by atoms with Crippen LogP contribution in [0.15, 0.2) is 26.0 Å². The molecule has 1 heterocycles. The Labute approximate surface area is 129 Å². The Balaban J connectivity index is 2.50. The van der Waals surface area contributed by atoms with Crippen LogP contribution in [0.2, 0.25) is 0 Å². The Bertz CT molecular complexity index is 569. The van der Waals surface area contributed by atoms with E-state index in [1.165, 1.54) is 4.31 Å². The van der Waals surface area contributed by atoms with Crippen molar-refractivity contribution in [1.29, 1.82) is 0 Å². The lowest BCUT2D eigenvalue weighted by atomic mass is 10.3. The Morgan fingerprint density at radius 3 is 2.68 bits per heavy atom. The maximum atomic E-state index is 12.7. The summed E-state index contributed by atoms with van der Waals surface area (Å²) in [6.07, 6.45) is 0. The summed E-state index contributed by atoms with van der Waals surface area (Å²) in [5, 5.41) is 0. The quantitative estimate of drug-likeness (QED) is 0.754. The van der Waals surface area contributed by atoms with Crippen LogP contribution in [0, 0.1) is 0 Å². The molecule has 1 aliphatic heterocycles. The highest BCUT2D eigenvalue weighted by molar-refractivity contribution is 9.11. The van der Waals surface area contributed by atoms with Crippen molar-refractivity contribution in [1.82, 2.24) is 4.31 Å². The van der Waals surface area contributed by atoms with Crippen molar-refractivity contribution >= 4 is 47.6 Å². The minimum atomic E-state index is -3.63. The van der Waals surface area contributed by atoms with E-state index in [1.807, 2.05) is 6.92 Å². The van der Waals surface area contributed by atoms with Gasteiger partial charge in [0.05, 0.1) is 18.9 Å². The van der Waals surface area contributed by atoms with Crippen molar-refractivity contribution in [3.63, 3.8) is 0 Å². The molecular weight excluding hydrogens is 400 g/mol. The highest BCUT2D eigenvalue weighted by Gasteiger charge is 2.34. The highest BCUT2D eigenvalue weighted by Crippen LogP contribution is 2.34. The molecule has 0 radical (unpaired) electrons. The van der Waals surface area contributed by atoms with Gasteiger partial charge in [-0.2, -0.15) is 4.31 Å². The second kappa shape index (κ2) is 5.69. The summed E-state index contributed by atoms with van der Waals surface area (Å²) in [4.78, 5) is 0.115. The van der Waals surface area contributed by atoms with Crippen LogP contribution in [0.25, 0.3) is 0 Å². The summed E-state index contributed by atoms with van der Waals surface area (Å²) in [7, 11) is -3.63. The maximum Gasteiger partial charge on any atom is 0.246 e. The number of sulfonamides is 1. The van der Waals surface area contributed by atoms with Gasteiger partial charge in [-0.25, -0.2) is 8.42 Å². The minimum absolute atomic E-state index is 0.115. The van der Waals surface area contributed by atoms with Gasteiger partial charge in [0.2, 0.25) is 10.0 Å². The smallest absolute Gasteiger partial charge is 0.246 e. The van der Waals surface area contributed by atoms with Gasteiger partial charge in [0.1, 0.15) is 4.90 Å². The molecule has 0 amide bonds. The van der Waals surface area contributed by atoms with Crippen molar-refractivity contribution in [2.45, 2.75) is 17.9 Å². The predicted molar refractivity (Wildman–Crippen MR) is 80.4 cm³/mol. The van der Waals surface area contributed by atoms with Crippen molar-refractivity contribution in [2.24, 2.45) is 0 Å². The Kier molecular flexibility index (Phi) is 4.56. The third-order valence-corrected chi connectivity index (χ3v) is 6.39. The van der Waals surface area contributed by atoms with Crippen LogP contribution in [0.4, 0.5) is 5.69 Å². The number of ether oxygens (including phenoxy) is 1. The summed E-state index contributed by atoms with van der Waals surface area (Å²) < 4.78 is 33.3. The molecule has 2 N–H and O–H groups in total. The standard InChI is InChI=1S/C11H14Br2N2O3S/c1-7-6-18-3-2-15(7)19(16,17)11-9(13)4-8(12)5-10(11)14/h4-5,7H,2-3,6,14H2,1H3/t7-/m1/s1. The molecule has 5 nitrogen and oxygen atoms in total. The van der Waals surface area contributed by atoms with Crippen molar-refractivity contribution < 1.29 is 13.2 Å². The minimum Gasteiger partial charge on any atom is -0.398 e. The van der Waals surface area contributed by atoms with E-state index < -0.39 is 10.0 Å². The third-order valence-electron chi connectivity index (χ3n) is 2.91. The fraction of sp³-hybridized carbons (Fsp3) is 0.455. The van der Waals surface area contributed by atoms with E-state index in [0.717, 1.165) is 4.47 Å². The number of nitrogen functional groups attached to an aromatic ring is 1. The molecule has 1 saturated heterocycles. The second-order valence-corrected chi connectivity index (χ2v) is 7.94. The summed E-state index contributed by atoms with van der Waals surface area (Å²) >= 11 is 6.56. The first-order chi connectivity index (χ1) is 8.84. The van der Waals surface area contributed by atoms with Crippen molar-refractivity contribution in [2.75, 3.05) is 25.5 Å². The van der Waals surface area contributed by atoms with E-state index in [9.17, 15) is 8.42 Å². The average Bonchev–Trinajstić information content (AvgIpc) is 2.27. The number of hydrogen-bond donors (Lipinski definition) is 1. The first-order valence-corrected chi connectivity index (χ1v) is 8.70. The zero-order valence-corrected chi connectivity index (χ0v) is 14.3. The number of nitrogens with two attached hydrogens (primary N) is 1. The molecule has 19 heavy (non-hydrogen) atoms. The van der Waals surface area contributed by atoms with Crippen LogP contribution in [0.5, 0.6) is 0 Å². The van der Waals surface area contributed by atoms with E-state index >= 15 is 0 Å². The molecule has 1 aliphatic rings. The van der Waals surface area contributed by atoms with E-state index in [-0.39, 0.29) is 16.6 Å². The number of anilines is 1. The van der Waals surface area contributed by atoms with Gasteiger partial charge in [0, 0.05) is 21.5 Å². The van der Waals surface area contributed by atoms with Gasteiger partial charge in [-0.15, -0.1) is 0 Å². The highest BCUT2D eigenvalue weighted by atomic mass is 79.9. The molecule has 0 saturated carbocycles. The summed E-state index contributed by atoms with van der Waals surface area (Å²) in [6.45, 7) is 2.95. The molecule has 0 bridgehead atoms. The molecule has 1 aromatic carbocycles. The van der Waals surface area contributed by atoms with Crippen LogP contribution in [-0.2, 0) is 14.8 Å². The van der Waals surface area contributed by atoms with Gasteiger partial charge in [-0.3, -0.25) is 0 Å². The van der Waals surface area contributed by atoms with Gasteiger partial charge < -0.3 is 10.5 Å². The third kappa shape index (κ3) is 2.97. The topological polar surface area (TPSA) is 72.6 Å². The summed E-state index contributed by atoms with van der Waals surface area (Å²) in [5.41, 5.74) is 6.09. The zero-order chi connectivity index (χ0) is 14.2. The average molecular weight is 414 g/mol. The molecule has 0 aromatic heterocycles. The number of benzene rings is 1.